The van der Waals surface area contributed by atoms with Gasteiger partial charge in [-0.15, -0.1) is 0 Å². The van der Waals surface area contributed by atoms with Gasteiger partial charge < -0.3 is 0 Å². The van der Waals surface area contributed by atoms with Crippen LogP contribution in [0.3, 0.4) is 0 Å². The van der Waals surface area contributed by atoms with Crippen LogP contribution in [-0.2, 0) is 6.16 Å². The minimum atomic E-state index is -2.38. The number of nitrogens with two attached hydrogens (primary N) is 1. The van der Waals surface area contributed by atoms with E-state index in [9.17, 15) is 0 Å². The Bertz CT molecular complexity index is 254. The van der Waals surface area contributed by atoms with Crippen molar-refractivity contribution in [1.82, 2.24) is 0 Å². The van der Waals surface area contributed by atoms with Gasteiger partial charge in [-0.3, -0.25) is 0 Å². The van der Waals surface area contributed by atoms with E-state index in [1.165, 1.54) is 5.56 Å². The first kappa shape index (κ1) is 9.98. The molecule has 0 bridgehead atoms. The SMILES string of the molecule is CP(C)(N)(Cl)Cc1ccccc1. The summed E-state index contributed by atoms with van der Waals surface area (Å²) in [5, 5.41) is 0. The van der Waals surface area contributed by atoms with Gasteiger partial charge in [-0.2, -0.15) is 0 Å². The summed E-state index contributed by atoms with van der Waals surface area (Å²) in [5.74, 6) is 0. The van der Waals surface area contributed by atoms with E-state index in [1.54, 1.807) is 0 Å². The first-order valence-corrected chi connectivity index (χ1v) is 8.19. The maximum atomic E-state index is 6.23. The van der Waals surface area contributed by atoms with E-state index >= 15 is 0 Å². The molecule has 0 unspecified atom stereocenters. The molecule has 68 valence electrons. The molecule has 0 aliphatic rings. The number of rotatable bonds is 2. The van der Waals surface area contributed by atoms with Crippen molar-refractivity contribution in [1.29, 1.82) is 0 Å². The molecule has 0 saturated heterocycles. The molecule has 0 spiro atoms. The molecule has 2 N–H and O–H groups in total. The quantitative estimate of drug-likeness (QED) is 0.735. The molecule has 1 nitrogen and oxygen atoms in total. The third-order valence-electron chi connectivity index (χ3n) is 1.49. The molecule has 0 aliphatic heterocycles. The minimum absolute atomic E-state index is 0.800. The molecular formula is C9H15ClNP. The fourth-order valence-corrected chi connectivity index (χ4v) is 2.83. The second-order valence-corrected chi connectivity index (χ2v) is 12.3. The molecule has 1 rings (SSSR count). The van der Waals surface area contributed by atoms with Crippen LogP contribution in [0.25, 0.3) is 0 Å². The molecule has 1 aromatic rings. The molecule has 0 amide bonds. The Hall–Kier alpha value is -0.100. The van der Waals surface area contributed by atoms with Gasteiger partial charge in [0.05, 0.1) is 0 Å². The topological polar surface area (TPSA) is 26.0 Å². The van der Waals surface area contributed by atoms with Crippen LogP contribution < -0.4 is 5.50 Å². The van der Waals surface area contributed by atoms with Gasteiger partial charge in [-0.05, 0) is 0 Å². The van der Waals surface area contributed by atoms with E-state index in [2.05, 4.69) is 12.1 Å². The van der Waals surface area contributed by atoms with Crippen LogP contribution in [0.5, 0.6) is 0 Å². The van der Waals surface area contributed by atoms with E-state index in [1.807, 2.05) is 31.5 Å². The zero-order valence-electron chi connectivity index (χ0n) is 7.50. The van der Waals surface area contributed by atoms with Crippen molar-refractivity contribution >= 4 is 17.3 Å². The van der Waals surface area contributed by atoms with E-state index in [0.29, 0.717) is 0 Å². The molecule has 0 radical (unpaired) electrons. The Morgan fingerprint density at radius 1 is 1.25 bits per heavy atom. The maximum absolute atomic E-state index is 6.23. The summed E-state index contributed by atoms with van der Waals surface area (Å²) in [6, 6.07) is 10.1. The van der Waals surface area contributed by atoms with E-state index in [-0.39, 0.29) is 0 Å². The number of benzene rings is 1. The molecule has 0 atom stereocenters. The molecule has 12 heavy (non-hydrogen) atoms. The van der Waals surface area contributed by atoms with Crippen molar-refractivity contribution in [3.05, 3.63) is 35.9 Å². The fourth-order valence-electron chi connectivity index (χ4n) is 1.12. The third-order valence-corrected chi connectivity index (χ3v) is 3.15. The van der Waals surface area contributed by atoms with E-state index in [4.69, 9.17) is 16.7 Å². The summed E-state index contributed by atoms with van der Waals surface area (Å²) in [7, 11) is 0. The van der Waals surface area contributed by atoms with Crippen LogP contribution in [0.2, 0.25) is 0 Å². The number of hydrogen-bond donors (Lipinski definition) is 1. The molecule has 0 saturated carbocycles. The Kier molecular flexibility index (Phi) is 2.49. The Morgan fingerprint density at radius 3 is 2.17 bits per heavy atom. The van der Waals surface area contributed by atoms with Crippen molar-refractivity contribution in [2.75, 3.05) is 13.3 Å². The van der Waals surface area contributed by atoms with Gasteiger partial charge in [0.25, 0.3) is 0 Å². The summed E-state index contributed by atoms with van der Waals surface area (Å²) in [4.78, 5) is 0. The summed E-state index contributed by atoms with van der Waals surface area (Å²) >= 11 is 6.23. The van der Waals surface area contributed by atoms with Gasteiger partial charge in [0, 0.05) is 0 Å². The summed E-state index contributed by atoms with van der Waals surface area (Å²) in [6.45, 7) is 3.92. The predicted octanol–water partition coefficient (Wildman–Crippen LogP) is 3.03. The predicted molar refractivity (Wildman–Crippen MR) is 59.0 cm³/mol. The monoisotopic (exact) mass is 203 g/mol. The normalized spacial score (nSPS) is 15.2. The van der Waals surface area contributed by atoms with Crippen LogP contribution in [0.15, 0.2) is 30.3 Å². The van der Waals surface area contributed by atoms with Crippen molar-refractivity contribution in [3.63, 3.8) is 0 Å². The van der Waals surface area contributed by atoms with E-state index < -0.39 is 6.11 Å². The van der Waals surface area contributed by atoms with Gasteiger partial charge in [0.15, 0.2) is 0 Å². The first-order valence-electron chi connectivity index (χ1n) is 3.90. The van der Waals surface area contributed by atoms with Crippen molar-refractivity contribution in [2.24, 2.45) is 5.50 Å². The molecule has 0 aromatic heterocycles. The van der Waals surface area contributed by atoms with Crippen molar-refractivity contribution in [3.8, 4) is 0 Å². The standard InChI is InChI=1S/C9H15ClNP/c1-12(2,10,11)8-9-6-4-3-5-7-9/h3-7H,8,11H2,1-2H3. The molecular weight excluding hydrogens is 189 g/mol. The van der Waals surface area contributed by atoms with Crippen LogP contribution in [0.4, 0.5) is 0 Å². The zero-order valence-corrected chi connectivity index (χ0v) is 9.15. The Balaban J connectivity index is 2.79. The second-order valence-electron chi connectivity index (χ2n) is 3.98. The Morgan fingerprint density at radius 2 is 1.75 bits per heavy atom. The van der Waals surface area contributed by atoms with Gasteiger partial charge in [-0.25, -0.2) is 0 Å². The van der Waals surface area contributed by atoms with Gasteiger partial charge in [-0.1, -0.05) is 0 Å². The van der Waals surface area contributed by atoms with E-state index in [0.717, 1.165) is 6.16 Å². The van der Waals surface area contributed by atoms with Crippen LogP contribution in [0.1, 0.15) is 5.56 Å². The average Bonchev–Trinajstić information content (AvgIpc) is 1.83. The Labute approximate surface area is 78.7 Å². The second kappa shape index (κ2) is 2.99. The summed E-state index contributed by atoms with van der Waals surface area (Å²) < 4.78 is 0. The third kappa shape index (κ3) is 4.06. The van der Waals surface area contributed by atoms with Gasteiger partial charge >= 0.3 is 78.2 Å². The van der Waals surface area contributed by atoms with Crippen molar-refractivity contribution in [2.45, 2.75) is 6.16 Å². The number of hydrogen-bond acceptors (Lipinski definition) is 1. The number of halogens is 1. The molecule has 1 aromatic carbocycles. The molecule has 0 heterocycles. The summed E-state index contributed by atoms with van der Waals surface area (Å²) in [6.07, 6.45) is -1.58. The van der Waals surface area contributed by atoms with Crippen LogP contribution in [-0.4, -0.2) is 13.3 Å². The molecule has 0 fully saturated rings. The van der Waals surface area contributed by atoms with Crippen LogP contribution >= 0.6 is 17.3 Å². The molecule has 3 heteroatoms. The fraction of sp³-hybridized carbons (Fsp3) is 0.333. The molecule has 0 aliphatic carbocycles. The van der Waals surface area contributed by atoms with Gasteiger partial charge in [0.1, 0.15) is 0 Å². The van der Waals surface area contributed by atoms with Crippen molar-refractivity contribution < 1.29 is 0 Å². The van der Waals surface area contributed by atoms with Crippen LogP contribution in [0, 0.1) is 0 Å². The van der Waals surface area contributed by atoms with Gasteiger partial charge in [0.2, 0.25) is 0 Å². The summed E-state index contributed by atoms with van der Waals surface area (Å²) in [5.41, 5.74) is 7.23. The first-order chi connectivity index (χ1) is 5.33. The average molecular weight is 204 g/mol. The zero-order chi connectivity index (χ0) is 9.27.